The van der Waals surface area contributed by atoms with Gasteiger partial charge in [-0.1, -0.05) is 6.08 Å². The van der Waals surface area contributed by atoms with Gasteiger partial charge in [-0.2, -0.15) is 0 Å². The second-order valence-corrected chi connectivity index (χ2v) is 12.6. The number of hydrogen-bond acceptors (Lipinski definition) is 4. The third kappa shape index (κ3) is 11.4. The number of halogens is 3. The summed E-state index contributed by atoms with van der Waals surface area (Å²) in [4.78, 5) is 0. The van der Waals surface area contributed by atoms with Crippen LogP contribution in [0.4, 0.5) is 0 Å². The molecule has 1 aliphatic heterocycles. The molecule has 132 valence electrons. The summed E-state index contributed by atoms with van der Waals surface area (Å²) in [5.74, 6) is 0.584. The normalized spacial score (nSPS) is 26.7. The van der Waals surface area contributed by atoms with Gasteiger partial charge in [0.2, 0.25) is 0 Å². The van der Waals surface area contributed by atoms with E-state index in [-0.39, 0.29) is 12.2 Å². The zero-order chi connectivity index (χ0) is 16.3. The van der Waals surface area contributed by atoms with E-state index in [1.54, 1.807) is 0 Å². The smallest absolute Gasteiger partial charge is 0.0843 e. The predicted octanol–water partition coefficient (Wildman–Crippen LogP) is 4.43. The SMILES string of the molecule is C=CCC1COCCOC(CCCS(Cl)(Cl)Cl)COCCO1. The van der Waals surface area contributed by atoms with Crippen molar-refractivity contribution >= 4 is 39.7 Å². The van der Waals surface area contributed by atoms with Crippen molar-refractivity contribution in [1.29, 1.82) is 0 Å². The van der Waals surface area contributed by atoms with E-state index in [4.69, 9.17) is 51.0 Å². The van der Waals surface area contributed by atoms with Crippen LogP contribution >= 0.6 is 39.7 Å². The van der Waals surface area contributed by atoms with Crippen LogP contribution in [-0.2, 0) is 18.9 Å². The quantitative estimate of drug-likeness (QED) is 0.624. The Morgan fingerprint density at radius 1 is 0.955 bits per heavy atom. The van der Waals surface area contributed by atoms with Crippen molar-refractivity contribution < 1.29 is 18.9 Å². The maximum absolute atomic E-state index is 5.83. The topological polar surface area (TPSA) is 36.9 Å². The Balaban J connectivity index is 2.30. The highest BCUT2D eigenvalue weighted by Gasteiger charge is 2.17. The standard InChI is InChI=1S/C14H25Cl3O4S/c1-2-4-13-11-18-7-9-21-14(12-19-6-8-20-13)5-3-10-22(15,16)17/h2,13-14H,1,3-12H2. The summed E-state index contributed by atoms with van der Waals surface area (Å²) in [7, 11) is 15.5. The van der Waals surface area contributed by atoms with E-state index in [1.165, 1.54) is 0 Å². The van der Waals surface area contributed by atoms with Crippen molar-refractivity contribution in [2.75, 3.05) is 45.4 Å². The average Bonchev–Trinajstić information content (AvgIpc) is 2.42. The summed E-state index contributed by atoms with van der Waals surface area (Å²) in [5.41, 5.74) is 0. The Morgan fingerprint density at radius 3 is 2.14 bits per heavy atom. The van der Waals surface area contributed by atoms with Gasteiger partial charge in [-0.05, 0) is 59.0 Å². The molecule has 2 unspecified atom stereocenters. The Kier molecular flexibility index (Phi) is 11.6. The second kappa shape index (κ2) is 12.2. The molecule has 0 aliphatic carbocycles. The van der Waals surface area contributed by atoms with Gasteiger partial charge < -0.3 is 18.9 Å². The minimum absolute atomic E-state index is 0.00116. The van der Waals surface area contributed by atoms with E-state index in [0.717, 1.165) is 19.3 Å². The van der Waals surface area contributed by atoms with Crippen molar-refractivity contribution in [3.8, 4) is 0 Å². The van der Waals surface area contributed by atoms with Crippen LogP contribution in [0.1, 0.15) is 19.3 Å². The molecule has 8 heteroatoms. The lowest BCUT2D eigenvalue weighted by molar-refractivity contribution is -0.0884. The molecule has 0 saturated carbocycles. The predicted molar refractivity (Wildman–Crippen MR) is 95.2 cm³/mol. The molecule has 1 saturated heterocycles. The molecule has 0 amide bonds. The molecular formula is C14H25Cl3O4S. The van der Waals surface area contributed by atoms with Crippen molar-refractivity contribution in [1.82, 2.24) is 0 Å². The number of ether oxygens (including phenoxy) is 4. The Hall–Kier alpha value is 0.800. The van der Waals surface area contributed by atoms with Gasteiger partial charge in [0.1, 0.15) is 0 Å². The largest absolute Gasteiger partial charge is 0.376 e. The molecule has 0 aromatic rings. The molecule has 1 rings (SSSR count). The lowest BCUT2D eigenvalue weighted by Gasteiger charge is -2.22. The first kappa shape index (κ1) is 20.8. The Bertz CT molecular complexity index is 288. The summed E-state index contributed by atoms with van der Waals surface area (Å²) in [5, 5.41) is 0. The van der Waals surface area contributed by atoms with E-state index in [0.29, 0.717) is 45.4 Å². The van der Waals surface area contributed by atoms with Crippen LogP contribution in [0.15, 0.2) is 12.7 Å². The van der Waals surface area contributed by atoms with E-state index in [1.807, 2.05) is 6.08 Å². The minimum atomic E-state index is -2.01. The summed E-state index contributed by atoms with van der Waals surface area (Å²) in [6, 6.07) is 0. The van der Waals surface area contributed by atoms with Crippen LogP contribution in [0.3, 0.4) is 0 Å². The molecule has 0 radical (unpaired) electrons. The fourth-order valence-electron chi connectivity index (χ4n) is 2.04. The van der Waals surface area contributed by atoms with E-state index in [2.05, 4.69) is 6.58 Å². The van der Waals surface area contributed by atoms with Crippen LogP contribution in [0, 0.1) is 0 Å². The Morgan fingerprint density at radius 2 is 1.55 bits per heavy atom. The summed E-state index contributed by atoms with van der Waals surface area (Å²) in [6.45, 7) is 6.90. The molecule has 1 fully saturated rings. The molecular weight excluding hydrogens is 371 g/mol. The van der Waals surface area contributed by atoms with Crippen LogP contribution in [-0.4, -0.2) is 57.6 Å². The maximum Gasteiger partial charge on any atom is 0.0843 e. The highest BCUT2D eigenvalue weighted by Crippen LogP contribution is 2.63. The molecule has 2 atom stereocenters. The van der Waals surface area contributed by atoms with Crippen molar-refractivity contribution in [2.45, 2.75) is 31.5 Å². The fourth-order valence-corrected chi connectivity index (χ4v) is 3.51. The highest BCUT2D eigenvalue weighted by molar-refractivity contribution is 8.79. The van der Waals surface area contributed by atoms with Crippen LogP contribution in [0.25, 0.3) is 0 Å². The van der Waals surface area contributed by atoms with E-state index in [9.17, 15) is 0 Å². The first-order chi connectivity index (χ1) is 10.5. The van der Waals surface area contributed by atoms with Crippen molar-refractivity contribution in [3.63, 3.8) is 0 Å². The molecule has 0 bridgehead atoms. The van der Waals surface area contributed by atoms with Gasteiger partial charge in [-0.3, -0.25) is 0 Å². The summed E-state index contributed by atoms with van der Waals surface area (Å²) < 4.78 is 22.7. The van der Waals surface area contributed by atoms with Crippen molar-refractivity contribution in [2.24, 2.45) is 0 Å². The summed E-state index contributed by atoms with van der Waals surface area (Å²) >= 11 is 0. The van der Waals surface area contributed by atoms with Crippen molar-refractivity contribution in [3.05, 3.63) is 12.7 Å². The van der Waals surface area contributed by atoms with Gasteiger partial charge in [0, 0.05) is 5.75 Å². The molecule has 1 heterocycles. The zero-order valence-electron chi connectivity index (χ0n) is 12.7. The molecule has 22 heavy (non-hydrogen) atoms. The molecule has 0 aromatic carbocycles. The molecule has 0 aromatic heterocycles. The molecule has 4 nitrogen and oxygen atoms in total. The number of hydrogen-bond donors (Lipinski definition) is 0. The fraction of sp³-hybridized carbons (Fsp3) is 0.857. The van der Waals surface area contributed by atoms with Crippen LogP contribution in [0.2, 0.25) is 0 Å². The zero-order valence-corrected chi connectivity index (χ0v) is 15.8. The third-order valence-electron chi connectivity index (χ3n) is 3.10. The molecule has 0 N–H and O–H groups in total. The van der Waals surface area contributed by atoms with Gasteiger partial charge in [0.15, 0.2) is 0 Å². The first-order valence-electron chi connectivity index (χ1n) is 7.40. The Labute approximate surface area is 148 Å². The van der Waals surface area contributed by atoms with E-state index >= 15 is 0 Å². The van der Waals surface area contributed by atoms with E-state index < -0.39 is 7.67 Å². The first-order valence-corrected chi connectivity index (χ1v) is 11.7. The molecule has 0 spiro atoms. The summed E-state index contributed by atoms with van der Waals surface area (Å²) in [6.07, 6.45) is 4.24. The minimum Gasteiger partial charge on any atom is -0.376 e. The number of rotatable bonds is 6. The monoisotopic (exact) mass is 394 g/mol. The van der Waals surface area contributed by atoms with Gasteiger partial charge in [-0.25, -0.2) is 0 Å². The average molecular weight is 396 g/mol. The second-order valence-electron chi connectivity index (χ2n) is 5.01. The van der Waals surface area contributed by atoms with Gasteiger partial charge in [0.25, 0.3) is 0 Å². The van der Waals surface area contributed by atoms with Gasteiger partial charge >= 0.3 is 0 Å². The van der Waals surface area contributed by atoms with Crippen LogP contribution < -0.4 is 0 Å². The maximum atomic E-state index is 5.83. The highest BCUT2D eigenvalue weighted by atomic mass is 36.2. The van der Waals surface area contributed by atoms with Crippen LogP contribution in [0.5, 0.6) is 0 Å². The van der Waals surface area contributed by atoms with Gasteiger partial charge in [-0.15, -0.1) is 6.58 Å². The third-order valence-corrected chi connectivity index (χ3v) is 5.24. The molecule has 1 aliphatic rings. The lowest BCUT2D eigenvalue weighted by Crippen LogP contribution is -2.28. The van der Waals surface area contributed by atoms with Gasteiger partial charge in [0.05, 0.1) is 51.8 Å². The lowest BCUT2D eigenvalue weighted by atomic mass is 10.2.